The van der Waals surface area contributed by atoms with E-state index in [9.17, 15) is 9.90 Å². The zero-order chi connectivity index (χ0) is 31.3. The number of allylic oxidation sites excluding steroid dienone is 6. The summed E-state index contributed by atoms with van der Waals surface area (Å²) in [6.07, 6.45) is 44.7. The van der Waals surface area contributed by atoms with Crippen LogP contribution in [0.25, 0.3) is 0 Å². The summed E-state index contributed by atoms with van der Waals surface area (Å²) < 4.78 is 11.1. The highest BCUT2D eigenvalue weighted by molar-refractivity contribution is 5.69. The lowest BCUT2D eigenvalue weighted by Gasteiger charge is -2.15. The predicted molar refractivity (Wildman–Crippen MR) is 187 cm³/mol. The fraction of sp³-hybridized carbons (Fsp3) is 0.821. The van der Waals surface area contributed by atoms with E-state index in [1.165, 1.54) is 116 Å². The average molecular weight is 605 g/mol. The molecule has 0 aliphatic carbocycles. The van der Waals surface area contributed by atoms with Gasteiger partial charge >= 0.3 is 5.97 Å². The Hall–Kier alpha value is -1.39. The summed E-state index contributed by atoms with van der Waals surface area (Å²) in [7, 11) is 0. The van der Waals surface area contributed by atoms with Crippen LogP contribution in [0.5, 0.6) is 0 Å². The van der Waals surface area contributed by atoms with Gasteiger partial charge in [-0.25, -0.2) is 0 Å². The van der Waals surface area contributed by atoms with Gasteiger partial charge in [0.25, 0.3) is 0 Å². The minimum atomic E-state index is -0.537. The number of carbonyl (C=O) groups is 1. The number of aliphatic hydroxyl groups is 1. The molecule has 0 saturated carbocycles. The third-order valence-corrected chi connectivity index (χ3v) is 7.98. The summed E-state index contributed by atoms with van der Waals surface area (Å²) in [6.45, 7) is 5.22. The molecule has 0 heterocycles. The summed E-state index contributed by atoms with van der Waals surface area (Å²) in [4.78, 5) is 12.1. The van der Waals surface area contributed by atoms with Gasteiger partial charge in [-0.1, -0.05) is 166 Å². The van der Waals surface area contributed by atoms with Gasteiger partial charge in [-0.15, -0.1) is 0 Å². The average Bonchev–Trinajstić information content (AvgIpc) is 3.01. The smallest absolute Gasteiger partial charge is 0.306 e. The highest BCUT2D eigenvalue weighted by Gasteiger charge is 2.13. The molecule has 4 nitrogen and oxygen atoms in total. The first-order chi connectivity index (χ1) is 21.2. The molecule has 0 spiro atoms. The molecule has 1 unspecified atom stereocenters. The Morgan fingerprint density at radius 3 is 1.58 bits per heavy atom. The van der Waals surface area contributed by atoms with Crippen molar-refractivity contribution in [3.05, 3.63) is 36.5 Å². The predicted octanol–water partition coefficient (Wildman–Crippen LogP) is 11.8. The SMILES string of the molecule is CC/C=C\C/C=C\C/C=C\CCCCCCCCOCC(CO)OC(=O)CCCCCCCCCCCCCCCCC. The van der Waals surface area contributed by atoms with E-state index in [0.29, 0.717) is 13.0 Å². The number of hydrogen-bond donors (Lipinski definition) is 1. The second-order valence-corrected chi connectivity index (χ2v) is 12.3. The molecule has 0 bridgehead atoms. The Bertz CT molecular complexity index is 639. The molecule has 43 heavy (non-hydrogen) atoms. The second kappa shape index (κ2) is 36.8. The molecule has 0 aromatic heterocycles. The van der Waals surface area contributed by atoms with Crippen molar-refractivity contribution in [3.8, 4) is 0 Å². The second-order valence-electron chi connectivity index (χ2n) is 12.3. The van der Waals surface area contributed by atoms with Gasteiger partial charge < -0.3 is 14.6 Å². The number of carbonyl (C=O) groups excluding carboxylic acids is 1. The van der Waals surface area contributed by atoms with E-state index in [1.807, 2.05) is 0 Å². The normalized spacial score (nSPS) is 12.7. The van der Waals surface area contributed by atoms with Crippen LogP contribution < -0.4 is 0 Å². The highest BCUT2D eigenvalue weighted by atomic mass is 16.6. The fourth-order valence-electron chi connectivity index (χ4n) is 5.22. The van der Waals surface area contributed by atoms with Gasteiger partial charge in [0.2, 0.25) is 0 Å². The summed E-state index contributed by atoms with van der Waals surface area (Å²) in [6, 6.07) is 0. The highest BCUT2D eigenvalue weighted by Crippen LogP contribution is 2.14. The van der Waals surface area contributed by atoms with E-state index >= 15 is 0 Å². The molecule has 0 aliphatic rings. The number of rotatable bonds is 34. The van der Waals surface area contributed by atoms with Gasteiger partial charge in [0.15, 0.2) is 0 Å². The standard InChI is InChI=1S/C39H72O4/c1-3-5-7-9-11-13-15-17-19-21-23-25-27-29-31-33-35-42-37-38(36-40)43-39(41)34-32-30-28-26-24-22-20-18-16-14-12-10-8-6-4-2/h5,7,11,13,17,19,38,40H,3-4,6,8-10,12,14-16,18,20-37H2,1-2H3/b7-5-,13-11-,19-17-. The van der Waals surface area contributed by atoms with E-state index in [1.54, 1.807) is 0 Å². The van der Waals surface area contributed by atoms with E-state index in [0.717, 1.165) is 44.9 Å². The van der Waals surface area contributed by atoms with Crippen molar-refractivity contribution >= 4 is 5.97 Å². The zero-order valence-corrected chi connectivity index (χ0v) is 28.7. The maximum absolute atomic E-state index is 12.1. The number of aliphatic hydroxyl groups excluding tert-OH is 1. The molecule has 252 valence electrons. The first-order valence-electron chi connectivity index (χ1n) is 18.6. The molecule has 0 saturated heterocycles. The Morgan fingerprint density at radius 1 is 0.581 bits per heavy atom. The molecule has 0 amide bonds. The molecule has 0 rings (SSSR count). The van der Waals surface area contributed by atoms with E-state index in [-0.39, 0.29) is 19.2 Å². The summed E-state index contributed by atoms with van der Waals surface area (Å²) in [5.41, 5.74) is 0. The minimum Gasteiger partial charge on any atom is -0.457 e. The van der Waals surface area contributed by atoms with E-state index < -0.39 is 6.10 Å². The van der Waals surface area contributed by atoms with Crippen LogP contribution in [0.1, 0.15) is 181 Å². The molecular formula is C39H72O4. The molecule has 4 heteroatoms. The summed E-state index contributed by atoms with van der Waals surface area (Å²) >= 11 is 0. The van der Waals surface area contributed by atoms with Gasteiger partial charge in [-0.05, 0) is 44.9 Å². The van der Waals surface area contributed by atoms with Crippen molar-refractivity contribution in [2.75, 3.05) is 19.8 Å². The van der Waals surface area contributed by atoms with Crippen LogP contribution >= 0.6 is 0 Å². The number of esters is 1. The Morgan fingerprint density at radius 2 is 1.05 bits per heavy atom. The van der Waals surface area contributed by atoms with Gasteiger partial charge in [0, 0.05) is 13.0 Å². The first-order valence-corrected chi connectivity index (χ1v) is 18.6. The number of ether oxygens (including phenoxy) is 2. The van der Waals surface area contributed by atoms with Crippen molar-refractivity contribution in [2.24, 2.45) is 0 Å². The quantitative estimate of drug-likeness (QED) is 0.0451. The van der Waals surface area contributed by atoms with Crippen molar-refractivity contribution in [1.82, 2.24) is 0 Å². The van der Waals surface area contributed by atoms with Crippen molar-refractivity contribution in [1.29, 1.82) is 0 Å². The Balaban J connectivity index is 3.45. The Labute approximate surface area is 268 Å². The molecular weight excluding hydrogens is 532 g/mol. The lowest BCUT2D eigenvalue weighted by atomic mass is 10.0. The van der Waals surface area contributed by atoms with Gasteiger partial charge in [0.1, 0.15) is 6.10 Å². The maximum atomic E-state index is 12.1. The van der Waals surface area contributed by atoms with Gasteiger partial charge in [-0.3, -0.25) is 4.79 Å². The summed E-state index contributed by atoms with van der Waals surface area (Å²) in [5.74, 6) is -0.205. The van der Waals surface area contributed by atoms with Crippen LogP contribution in [0.2, 0.25) is 0 Å². The molecule has 1 N–H and O–H groups in total. The van der Waals surface area contributed by atoms with Crippen molar-refractivity contribution in [2.45, 2.75) is 187 Å². The lowest BCUT2D eigenvalue weighted by molar-refractivity contribution is -0.154. The summed E-state index contributed by atoms with van der Waals surface area (Å²) in [5, 5.41) is 9.55. The molecule has 0 aromatic carbocycles. The van der Waals surface area contributed by atoms with Crippen LogP contribution in [-0.4, -0.2) is 37.0 Å². The third kappa shape index (κ3) is 35.0. The first kappa shape index (κ1) is 41.6. The minimum absolute atomic E-state index is 0.175. The van der Waals surface area contributed by atoms with Crippen LogP contribution in [0.15, 0.2) is 36.5 Å². The number of unbranched alkanes of at least 4 members (excludes halogenated alkanes) is 20. The van der Waals surface area contributed by atoms with E-state index in [4.69, 9.17) is 9.47 Å². The van der Waals surface area contributed by atoms with Gasteiger partial charge in [-0.2, -0.15) is 0 Å². The fourth-order valence-corrected chi connectivity index (χ4v) is 5.22. The molecule has 0 radical (unpaired) electrons. The van der Waals surface area contributed by atoms with E-state index in [2.05, 4.69) is 50.3 Å². The van der Waals surface area contributed by atoms with Crippen LogP contribution in [0.3, 0.4) is 0 Å². The zero-order valence-electron chi connectivity index (χ0n) is 28.7. The molecule has 0 aliphatic heterocycles. The number of hydrogen-bond acceptors (Lipinski definition) is 4. The maximum Gasteiger partial charge on any atom is 0.306 e. The third-order valence-electron chi connectivity index (χ3n) is 7.98. The molecule has 0 aromatic rings. The topological polar surface area (TPSA) is 55.8 Å². The van der Waals surface area contributed by atoms with Gasteiger partial charge in [0.05, 0.1) is 13.2 Å². The van der Waals surface area contributed by atoms with Crippen LogP contribution in [0, 0.1) is 0 Å². The van der Waals surface area contributed by atoms with Crippen LogP contribution in [0.4, 0.5) is 0 Å². The monoisotopic (exact) mass is 605 g/mol. The Kier molecular flexibility index (Phi) is 35.6. The molecule has 0 fully saturated rings. The lowest BCUT2D eigenvalue weighted by Crippen LogP contribution is -2.27. The van der Waals surface area contributed by atoms with Crippen LogP contribution in [-0.2, 0) is 14.3 Å². The van der Waals surface area contributed by atoms with Crippen molar-refractivity contribution < 1.29 is 19.4 Å². The van der Waals surface area contributed by atoms with Crippen molar-refractivity contribution in [3.63, 3.8) is 0 Å². The molecule has 1 atom stereocenters. The largest absolute Gasteiger partial charge is 0.457 e.